The molecule has 2 N–H and O–H groups in total. The van der Waals surface area contributed by atoms with Crippen LogP contribution in [0, 0.1) is 6.92 Å². The van der Waals surface area contributed by atoms with Crippen LogP contribution in [-0.4, -0.2) is 32.2 Å². The van der Waals surface area contributed by atoms with Crippen molar-refractivity contribution in [2.75, 3.05) is 5.32 Å². The Kier molecular flexibility index (Phi) is 7.40. The van der Waals surface area contributed by atoms with Gasteiger partial charge in [-0.1, -0.05) is 26.0 Å². The van der Waals surface area contributed by atoms with Gasteiger partial charge in [-0.05, 0) is 90.8 Å². The molecule has 5 aromatic rings. The molecule has 0 unspecified atom stereocenters. The lowest BCUT2D eigenvalue weighted by atomic mass is 9.99. The monoisotopic (exact) mass is 562 g/mol. The lowest BCUT2D eigenvalue weighted by Crippen LogP contribution is -2.24. The van der Waals surface area contributed by atoms with E-state index in [-0.39, 0.29) is 5.75 Å². The summed E-state index contributed by atoms with van der Waals surface area (Å²) in [6, 6.07) is 19.3. The molecular formula is C29H25F3N6OS. The van der Waals surface area contributed by atoms with Crippen molar-refractivity contribution in [3.63, 3.8) is 0 Å². The minimum atomic E-state index is -4.74. The number of alkyl halides is 3. The quantitative estimate of drug-likeness (QED) is 0.129. The molecule has 11 heteroatoms. The predicted octanol–water partition coefficient (Wildman–Crippen LogP) is 7.22. The second-order valence-corrected chi connectivity index (χ2v) is 9.87. The minimum Gasteiger partial charge on any atom is -0.406 e. The molecule has 0 saturated heterocycles. The maximum Gasteiger partial charge on any atom is 0.573 e. The Morgan fingerprint density at radius 2 is 1.82 bits per heavy atom. The van der Waals surface area contributed by atoms with Gasteiger partial charge in [0.15, 0.2) is 5.11 Å². The van der Waals surface area contributed by atoms with E-state index < -0.39 is 6.36 Å². The molecule has 0 spiro atoms. The van der Waals surface area contributed by atoms with E-state index in [1.54, 1.807) is 29.2 Å². The molecule has 7 nitrogen and oxygen atoms in total. The van der Waals surface area contributed by atoms with E-state index in [1.165, 1.54) is 12.1 Å². The van der Waals surface area contributed by atoms with Crippen LogP contribution in [0.2, 0.25) is 0 Å². The van der Waals surface area contributed by atoms with Gasteiger partial charge < -0.3 is 10.1 Å². The fraction of sp³-hybridized carbons (Fsp3) is 0.172. The van der Waals surface area contributed by atoms with Crippen molar-refractivity contribution < 1.29 is 17.9 Å². The Morgan fingerprint density at radius 3 is 2.55 bits per heavy atom. The Bertz CT molecular complexity index is 1730. The SMILES string of the molecule is Cc1ccc(C(C)C)c(NC(=S)NN=Cc2ccc3c(ccc4c3ncn4-c3ccc(OC(F)(F)F)cc3)n2)c1. The van der Waals surface area contributed by atoms with Crippen LogP contribution in [0.25, 0.3) is 27.6 Å². The number of fused-ring (bicyclic) bond motifs is 3. The molecule has 0 amide bonds. The number of hydrogen-bond acceptors (Lipinski definition) is 5. The zero-order valence-electron chi connectivity index (χ0n) is 21.8. The van der Waals surface area contributed by atoms with E-state index in [9.17, 15) is 13.2 Å². The van der Waals surface area contributed by atoms with Gasteiger partial charge in [-0.25, -0.2) is 9.97 Å². The van der Waals surface area contributed by atoms with Gasteiger partial charge in [0.05, 0.1) is 28.5 Å². The van der Waals surface area contributed by atoms with Crippen molar-refractivity contribution in [1.82, 2.24) is 20.0 Å². The summed E-state index contributed by atoms with van der Waals surface area (Å²) in [6.07, 6.45) is -1.54. The highest BCUT2D eigenvalue weighted by Gasteiger charge is 2.31. The van der Waals surface area contributed by atoms with Crippen LogP contribution in [0.15, 0.2) is 78.2 Å². The summed E-state index contributed by atoms with van der Waals surface area (Å²) in [5.74, 6) is 0.0542. The summed E-state index contributed by atoms with van der Waals surface area (Å²) >= 11 is 5.42. The number of thiocarbonyl (C=S) groups is 1. The van der Waals surface area contributed by atoms with Crippen LogP contribution in [0.3, 0.4) is 0 Å². The van der Waals surface area contributed by atoms with Crippen molar-refractivity contribution in [1.29, 1.82) is 0 Å². The van der Waals surface area contributed by atoms with Crippen molar-refractivity contribution in [3.8, 4) is 11.4 Å². The minimum absolute atomic E-state index is 0.286. The summed E-state index contributed by atoms with van der Waals surface area (Å²) < 4.78 is 43.2. The Hall–Kier alpha value is -4.51. The van der Waals surface area contributed by atoms with Crippen LogP contribution in [0.4, 0.5) is 18.9 Å². The number of nitrogens with one attached hydrogen (secondary N) is 2. The van der Waals surface area contributed by atoms with E-state index in [4.69, 9.17) is 12.2 Å². The van der Waals surface area contributed by atoms with Gasteiger partial charge in [0.2, 0.25) is 0 Å². The topological polar surface area (TPSA) is 76.4 Å². The first kappa shape index (κ1) is 27.1. The Labute approximate surface area is 233 Å². The molecule has 3 aromatic carbocycles. The van der Waals surface area contributed by atoms with Gasteiger partial charge in [0, 0.05) is 16.8 Å². The summed E-state index contributed by atoms with van der Waals surface area (Å²) in [7, 11) is 0. The number of hydrazone groups is 1. The van der Waals surface area contributed by atoms with Crippen LogP contribution < -0.4 is 15.5 Å². The number of ether oxygens (including phenoxy) is 1. The number of aryl methyl sites for hydroxylation is 1. The molecule has 5 rings (SSSR count). The molecule has 40 heavy (non-hydrogen) atoms. The summed E-state index contributed by atoms with van der Waals surface area (Å²) in [5, 5.41) is 8.65. The molecule has 0 radical (unpaired) electrons. The van der Waals surface area contributed by atoms with Crippen molar-refractivity contribution in [3.05, 3.63) is 89.9 Å². The van der Waals surface area contributed by atoms with Crippen LogP contribution in [-0.2, 0) is 0 Å². The average molecular weight is 563 g/mol. The number of aromatic nitrogens is 3. The zero-order chi connectivity index (χ0) is 28.4. The van der Waals surface area contributed by atoms with Gasteiger partial charge in [-0.2, -0.15) is 5.10 Å². The number of halogens is 3. The zero-order valence-corrected chi connectivity index (χ0v) is 22.6. The molecule has 0 bridgehead atoms. The largest absolute Gasteiger partial charge is 0.573 e. The molecule has 0 aliphatic heterocycles. The molecule has 0 fully saturated rings. The smallest absolute Gasteiger partial charge is 0.406 e. The highest BCUT2D eigenvalue weighted by molar-refractivity contribution is 7.80. The van der Waals surface area contributed by atoms with E-state index in [2.05, 4.69) is 62.6 Å². The van der Waals surface area contributed by atoms with Gasteiger partial charge in [-0.15, -0.1) is 13.2 Å². The molecule has 2 heterocycles. The lowest BCUT2D eigenvalue weighted by molar-refractivity contribution is -0.274. The maximum absolute atomic E-state index is 12.5. The van der Waals surface area contributed by atoms with E-state index in [0.29, 0.717) is 27.9 Å². The van der Waals surface area contributed by atoms with E-state index >= 15 is 0 Å². The van der Waals surface area contributed by atoms with Gasteiger partial charge >= 0.3 is 6.36 Å². The van der Waals surface area contributed by atoms with Crippen molar-refractivity contribution >= 4 is 51.2 Å². The molecule has 204 valence electrons. The fourth-order valence-corrected chi connectivity index (χ4v) is 4.54. The Morgan fingerprint density at radius 1 is 1.05 bits per heavy atom. The second kappa shape index (κ2) is 10.9. The number of benzene rings is 3. The van der Waals surface area contributed by atoms with E-state index in [1.807, 2.05) is 31.2 Å². The molecule has 0 saturated carbocycles. The summed E-state index contributed by atoms with van der Waals surface area (Å²) in [5.41, 5.74) is 9.58. The van der Waals surface area contributed by atoms with Gasteiger partial charge in [-0.3, -0.25) is 9.99 Å². The average Bonchev–Trinajstić information content (AvgIpc) is 3.32. The number of imidazole rings is 1. The molecular weight excluding hydrogens is 537 g/mol. The Balaban J connectivity index is 1.31. The third-order valence-electron chi connectivity index (χ3n) is 6.20. The van der Waals surface area contributed by atoms with Crippen molar-refractivity contribution in [2.24, 2.45) is 5.10 Å². The van der Waals surface area contributed by atoms with E-state index in [0.717, 1.165) is 33.2 Å². The second-order valence-electron chi connectivity index (χ2n) is 9.46. The lowest BCUT2D eigenvalue weighted by Gasteiger charge is -2.15. The number of hydrogen-bond donors (Lipinski definition) is 2. The van der Waals surface area contributed by atoms with Gasteiger partial charge in [0.1, 0.15) is 12.1 Å². The maximum atomic E-state index is 12.5. The van der Waals surface area contributed by atoms with Gasteiger partial charge in [0.25, 0.3) is 0 Å². The third kappa shape index (κ3) is 6.04. The normalized spacial score (nSPS) is 12.0. The first-order valence-corrected chi connectivity index (χ1v) is 12.8. The van der Waals surface area contributed by atoms with Crippen LogP contribution >= 0.6 is 12.2 Å². The molecule has 2 aromatic heterocycles. The molecule has 0 aliphatic carbocycles. The predicted molar refractivity (Wildman–Crippen MR) is 155 cm³/mol. The fourth-order valence-electron chi connectivity index (χ4n) is 4.38. The first-order chi connectivity index (χ1) is 19.1. The summed E-state index contributed by atoms with van der Waals surface area (Å²) in [4.78, 5) is 9.18. The van der Waals surface area contributed by atoms with Crippen LogP contribution in [0.5, 0.6) is 5.75 Å². The molecule has 0 aliphatic rings. The summed E-state index contributed by atoms with van der Waals surface area (Å²) in [6.45, 7) is 6.28. The first-order valence-electron chi connectivity index (χ1n) is 12.4. The van der Waals surface area contributed by atoms with Crippen molar-refractivity contribution in [2.45, 2.75) is 33.1 Å². The highest BCUT2D eigenvalue weighted by atomic mass is 32.1. The standard InChI is InChI=1S/C29H25F3N6OS/c1-17(2)22-10-4-18(3)14-25(22)36-28(40)37-34-15-19-5-11-23-24(35-19)12-13-26-27(23)33-16-38(26)20-6-8-21(9-7-20)39-29(30,31)32/h4-17H,1-3H3,(H2,36,37,40). The van der Waals surface area contributed by atoms with Crippen LogP contribution in [0.1, 0.15) is 36.6 Å². The number of nitrogens with zero attached hydrogens (tertiary/aromatic N) is 4. The third-order valence-corrected chi connectivity index (χ3v) is 6.39. The molecule has 0 atom stereocenters. The number of anilines is 1. The number of pyridine rings is 1. The number of rotatable bonds is 6. The highest BCUT2D eigenvalue weighted by Crippen LogP contribution is 2.28.